The summed E-state index contributed by atoms with van der Waals surface area (Å²) in [6, 6.07) is 11.4. The fraction of sp³-hybridized carbons (Fsp3) is 0.222. The highest BCUT2D eigenvalue weighted by molar-refractivity contribution is 9.10. The molecule has 0 bridgehead atoms. The van der Waals surface area contributed by atoms with Gasteiger partial charge in [-0.1, -0.05) is 41.1 Å². The number of esters is 1. The number of benzene rings is 2. The van der Waals surface area contributed by atoms with Gasteiger partial charge in [0.2, 0.25) is 0 Å². The minimum Gasteiger partial charge on any atom is -0.467 e. The lowest BCUT2D eigenvalue weighted by Crippen LogP contribution is -2.21. The topological polar surface area (TPSA) is 87.3 Å². The summed E-state index contributed by atoms with van der Waals surface area (Å²) in [7, 11) is 1.31. The van der Waals surface area contributed by atoms with Gasteiger partial charge in [0.05, 0.1) is 17.5 Å². The fourth-order valence-electron chi connectivity index (χ4n) is 2.95. The number of carbonyl (C=O) groups excluding carboxylic acids is 1. The molecule has 0 saturated heterocycles. The molecule has 1 atom stereocenters. The third-order valence-electron chi connectivity index (χ3n) is 4.18. The second kappa shape index (κ2) is 7.25. The molecule has 1 aromatic heterocycles. The van der Waals surface area contributed by atoms with Gasteiger partial charge in [-0.3, -0.25) is 10.1 Å². The molecule has 0 amide bonds. The SMILES string of the molecule is CCC(C(=O)OC)n1nc(-c2ccc(Br)cc2)c2c([N+](=O)[O-])cccc21. The molecular formula is C18H16BrN3O4. The maximum Gasteiger partial charge on any atom is 0.330 e. The van der Waals surface area contributed by atoms with Gasteiger partial charge < -0.3 is 4.74 Å². The van der Waals surface area contributed by atoms with E-state index in [4.69, 9.17) is 4.74 Å². The minimum absolute atomic E-state index is 0.0496. The summed E-state index contributed by atoms with van der Waals surface area (Å²) in [5.41, 5.74) is 1.66. The summed E-state index contributed by atoms with van der Waals surface area (Å²) in [4.78, 5) is 23.3. The van der Waals surface area contributed by atoms with Crippen LogP contribution in [0.3, 0.4) is 0 Å². The van der Waals surface area contributed by atoms with Gasteiger partial charge in [0, 0.05) is 16.1 Å². The van der Waals surface area contributed by atoms with Crippen LogP contribution in [0.1, 0.15) is 19.4 Å². The standard InChI is InChI=1S/C18H16BrN3O4/c1-3-13(18(23)26-2)21-14-5-4-6-15(22(24)25)16(14)17(20-21)11-7-9-12(19)10-8-11/h4-10,13H,3H2,1-2H3. The molecule has 0 fully saturated rings. The van der Waals surface area contributed by atoms with Gasteiger partial charge in [0.15, 0.2) is 0 Å². The van der Waals surface area contributed by atoms with Crippen molar-refractivity contribution in [2.45, 2.75) is 19.4 Å². The van der Waals surface area contributed by atoms with Crippen molar-refractivity contribution >= 4 is 38.5 Å². The van der Waals surface area contributed by atoms with E-state index in [0.29, 0.717) is 23.0 Å². The number of ether oxygens (including phenoxy) is 1. The van der Waals surface area contributed by atoms with Crippen LogP contribution in [0, 0.1) is 10.1 Å². The van der Waals surface area contributed by atoms with Crippen LogP contribution in [0.4, 0.5) is 5.69 Å². The molecule has 3 rings (SSSR count). The molecule has 26 heavy (non-hydrogen) atoms. The number of halogens is 1. The van der Waals surface area contributed by atoms with Gasteiger partial charge in [0.1, 0.15) is 17.1 Å². The van der Waals surface area contributed by atoms with E-state index in [1.54, 1.807) is 12.1 Å². The number of fused-ring (bicyclic) bond motifs is 1. The molecule has 0 N–H and O–H groups in total. The Morgan fingerprint density at radius 3 is 2.58 bits per heavy atom. The maximum absolute atomic E-state index is 12.2. The Balaban J connectivity index is 2.35. The summed E-state index contributed by atoms with van der Waals surface area (Å²) in [6.45, 7) is 1.84. The van der Waals surface area contributed by atoms with Crippen LogP contribution < -0.4 is 0 Å². The number of nitro groups is 1. The molecule has 1 unspecified atom stereocenters. The third kappa shape index (κ3) is 3.08. The van der Waals surface area contributed by atoms with E-state index in [1.165, 1.54) is 17.9 Å². The maximum atomic E-state index is 12.2. The number of non-ortho nitro benzene ring substituents is 1. The molecule has 0 aliphatic heterocycles. The van der Waals surface area contributed by atoms with Gasteiger partial charge in [0.25, 0.3) is 5.69 Å². The Morgan fingerprint density at radius 1 is 1.31 bits per heavy atom. The first-order valence-electron chi connectivity index (χ1n) is 7.97. The highest BCUT2D eigenvalue weighted by Gasteiger charge is 2.28. The lowest BCUT2D eigenvalue weighted by Gasteiger charge is -2.14. The van der Waals surface area contributed by atoms with Crippen LogP contribution in [0.25, 0.3) is 22.2 Å². The van der Waals surface area contributed by atoms with Crippen LogP contribution >= 0.6 is 15.9 Å². The van der Waals surface area contributed by atoms with E-state index >= 15 is 0 Å². The first-order valence-corrected chi connectivity index (χ1v) is 8.76. The van der Waals surface area contributed by atoms with Crippen molar-refractivity contribution in [3.63, 3.8) is 0 Å². The lowest BCUT2D eigenvalue weighted by atomic mass is 10.1. The van der Waals surface area contributed by atoms with Gasteiger partial charge in [-0.05, 0) is 24.6 Å². The molecule has 7 nitrogen and oxygen atoms in total. The first-order chi connectivity index (χ1) is 12.5. The molecule has 1 heterocycles. The second-order valence-electron chi connectivity index (χ2n) is 5.68. The van der Waals surface area contributed by atoms with Crippen LogP contribution in [0.2, 0.25) is 0 Å². The quantitative estimate of drug-likeness (QED) is 0.346. The number of rotatable bonds is 5. The van der Waals surface area contributed by atoms with Gasteiger partial charge in [-0.2, -0.15) is 5.10 Å². The van der Waals surface area contributed by atoms with Crippen molar-refractivity contribution in [1.29, 1.82) is 0 Å². The summed E-state index contributed by atoms with van der Waals surface area (Å²) in [5, 5.41) is 16.5. The van der Waals surface area contributed by atoms with E-state index < -0.39 is 16.9 Å². The van der Waals surface area contributed by atoms with Crippen LogP contribution in [-0.4, -0.2) is 27.8 Å². The van der Waals surface area contributed by atoms with E-state index in [0.717, 1.165) is 10.0 Å². The predicted octanol–water partition coefficient (Wildman–Crippen LogP) is 4.50. The van der Waals surface area contributed by atoms with Crippen molar-refractivity contribution in [3.8, 4) is 11.3 Å². The van der Waals surface area contributed by atoms with Gasteiger partial charge in [-0.15, -0.1) is 0 Å². The van der Waals surface area contributed by atoms with Crippen LogP contribution in [0.15, 0.2) is 46.9 Å². The Morgan fingerprint density at radius 2 is 2.00 bits per heavy atom. The molecule has 8 heteroatoms. The van der Waals surface area contributed by atoms with Crippen LogP contribution in [-0.2, 0) is 9.53 Å². The fourth-order valence-corrected chi connectivity index (χ4v) is 3.21. The van der Waals surface area contributed by atoms with Crippen molar-refractivity contribution in [2.75, 3.05) is 7.11 Å². The highest BCUT2D eigenvalue weighted by Crippen LogP contribution is 2.37. The monoisotopic (exact) mass is 417 g/mol. The molecule has 0 radical (unpaired) electrons. The van der Waals surface area contributed by atoms with Crippen molar-refractivity contribution in [3.05, 3.63) is 57.1 Å². The molecule has 3 aromatic rings. The number of hydrogen-bond acceptors (Lipinski definition) is 5. The van der Waals surface area contributed by atoms with Gasteiger partial charge >= 0.3 is 5.97 Å². The Hall–Kier alpha value is -2.74. The Kier molecular flexibility index (Phi) is 5.03. The summed E-state index contributed by atoms with van der Waals surface area (Å²) < 4.78 is 7.28. The normalized spacial score (nSPS) is 12.1. The van der Waals surface area contributed by atoms with E-state index in [2.05, 4.69) is 21.0 Å². The molecule has 0 aliphatic rings. The largest absolute Gasteiger partial charge is 0.467 e. The molecule has 134 valence electrons. The van der Waals surface area contributed by atoms with Crippen LogP contribution in [0.5, 0.6) is 0 Å². The smallest absolute Gasteiger partial charge is 0.330 e. The summed E-state index contributed by atoms with van der Waals surface area (Å²) in [6.07, 6.45) is 0.450. The zero-order valence-electron chi connectivity index (χ0n) is 14.2. The number of methoxy groups -OCH3 is 1. The summed E-state index contributed by atoms with van der Waals surface area (Å²) in [5.74, 6) is -0.439. The van der Waals surface area contributed by atoms with Crippen molar-refractivity contribution < 1.29 is 14.5 Å². The number of aromatic nitrogens is 2. The number of nitrogens with zero attached hydrogens (tertiary/aromatic N) is 3. The average molecular weight is 418 g/mol. The Bertz CT molecular complexity index is 982. The van der Waals surface area contributed by atoms with Crippen molar-refractivity contribution in [2.24, 2.45) is 0 Å². The Labute approximate surface area is 157 Å². The van der Waals surface area contributed by atoms with E-state index in [1.807, 2.05) is 31.2 Å². The summed E-state index contributed by atoms with van der Waals surface area (Å²) >= 11 is 3.38. The highest BCUT2D eigenvalue weighted by atomic mass is 79.9. The molecule has 0 aliphatic carbocycles. The minimum atomic E-state index is -0.659. The first kappa shape index (κ1) is 18.1. The number of carbonyl (C=O) groups is 1. The molecule has 0 saturated carbocycles. The van der Waals surface area contributed by atoms with E-state index in [-0.39, 0.29) is 5.69 Å². The number of nitro benzene ring substituents is 1. The molecule has 0 spiro atoms. The second-order valence-corrected chi connectivity index (χ2v) is 6.59. The average Bonchev–Trinajstić information content (AvgIpc) is 3.02. The zero-order chi connectivity index (χ0) is 18.8. The predicted molar refractivity (Wildman–Crippen MR) is 101 cm³/mol. The lowest BCUT2D eigenvalue weighted by molar-refractivity contribution is -0.383. The molecule has 2 aromatic carbocycles. The third-order valence-corrected chi connectivity index (χ3v) is 4.71. The number of hydrogen-bond donors (Lipinski definition) is 0. The van der Waals surface area contributed by atoms with E-state index in [9.17, 15) is 14.9 Å². The van der Waals surface area contributed by atoms with Gasteiger partial charge in [-0.25, -0.2) is 9.48 Å². The van der Waals surface area contributed by atoms with Crippen molar-refractivity contribution in [1.82, 2.24) is 9.78 Å². The molecular weight excluding hydrogens is 402 g/mol. The zero-order valence-corrected chi connectivity index (χ0v) is 15.8.